The molecule has 1 saturated heterocycles. The molecule has 1 aromatic rings. The standard InChI is InChI=1S/C21H35N3O/c1-16(13-23-7-9-25-10-8-23)14-24-15-17-5-6-18(21(2,3)4)11-19(17)20(24)12-22/h5-6,11,16,20H,7-10,12-15,22H2,1-4H3. The number of ether oxygens (including phenoxy) is 1. The van der Waals surface area contributed by atoms with Gasteiger partial charge in [-0.1, -0.05) is 45.9 Å². The van der Waals surface area contributed by atoms with Crippen molar-refractivity contribution in [3.63, 3.8) is 0 Å². The molecule has 1 fully saturated rings. The van der Waals surface area contributed by atoms with E-state index in [0.29, 0.717) is 18.5 Å². The molecule has 2 aliphatic rings. The monoisotopic (exact) mass is 345 g/mol. The molecule has 0 aromatic heterocycles. The van der Waals surface area contributed by atoms with E-state index >= 15 is 0 Å². The maximum absolute atomic E-state index is 6.19. The highest BCUT2D eigenvalue weighted by atomic mass is 16.5. The van der Waals surface area contributed by atoms with Crippen LogP contribution in [0.25, 0.3) is 0 Å². The summed E-state index contributed by atoms with van der Waals surface area (Å²) < 4.78 is 5.46. The highest BCUT2D eigenvalue weighted by molar-refractivity contribution is 5.40. The average molecular weight is 346 g/mol. The predicted molar refractivity (Wildman–Crippen MR) is 104 cm³/mol. The lowest BCUT2D eigenvalue weighted by Crippen LogP contribution is -2.41. The van der Waals surface area contributed by atoms with E-state index in [2.05, 4.69) is 55.7 Å². The van der Waals surface area contributed by atoms with Gasteiger partial charge >= 0.3 is 0 Å². The maximum atomic E-state index is 6.19. The largest absolute Gasteiger partial charge is 0.379 e. The first-order valence-corrected chi connectivity index (χ1v) is 9.76. The van der Waals surface area contributed by atoms with Crippen molar-refractivity contribution >= 4 is 0 Å². The SMILES string of the molecule is CC(CN1CCOCC1)CN1Cc2ccc(C(C)(C)C)cc2C1CN. The molecule has 0 aliphatic carbocycles. The number of benzene rings is 1. The van der Waals surface area contributed by atoms with Gasteiger partial charge in [0.25, 0.3) is 0 Å². The summed E-state index contributed by atoms with van der Waals surface area (Å²) in [6.07, 6.45) is 0. The van der Waals surface area contributed by atoms with Gasteiger partial charge in [-0.05, 0) is 28.0 Å². The van der Waals surface area contributed by atoms with Gasteiger partial charge in [0.2, 0.25) is 0 Å². The van der Waals surface area contributed by atoms with Crippen LogP contribution in [0.15, 0.2) is 18.2 Å². The first-order valence-electron chi connectivity index (χ1n) is 9.76. The van der Waals surface area contributed by atoms with Crippen molar-refractivity contribution in [1.82, 2.24) is 9.80 Å². The van der Waals surface area contributed by atoms with Crippen LogP contribution in [0.5, 0.6) is 0 Å². The molecule has 2 N–H and O–H groups in total. The van der Waals surface area contributed by atoms with Crippen LogP contribution in [-0.2, 0) is 16.7 Å². The number of hydrogen-bond donors (Lipinski definition) is 1. The lowest BCUT2D eigenvalue weighted by Gasteiger charge is -2.32. The van der Waals surface area contributed by atoms with E-state index in [1.807, 2.05) is 0 Å². The second-order valence-corrected chi connectivity index (χ2v) is 8.86. The topological polar surface area (TPSA) is 41.7 Å². The van der Waals surface area contributed by atoms with Crippen molar-refractivity contribution in [3.8, 4) is 0 Å². The van der Waals surface area contributed by atoms with Crippen molar-refractivity contribution < 1.29 is 4.74 Å². The van der Waals surface area contributed by atoms with Crippen molar-refractivity contribution in [1.29, 1.82) is 0 Å². The zero-order valence-corrected chi connectivity index (χ0v) is 16.4. The van der Waals surface area contributed by atoms with Crippen LogP contribution in [0.1, 0.15) is 50.4 Å². The van der Waals surface area contributed by atoms with Gasteiger partial charge in [0.1, 0.15) is 0 Å². The molecular formula is C21H35N3O. The van der Waals surface area contributed by atoms with Crippen molar-refractivity contribution in [3.05, 3.63) is 34.9 Å². The first kappa shape index (κ1) is 18.8. The van der Waals surface area contributed by atoms with Crippen molar-refractivity contribution in [2.45, 2.75) is 45.7 Å². The fourth-order valence-electron chi connectivity index (χ4n) is 4.19. The summed E-state index contributed by atoms with van der Waals surface area (Å²) in [5.41, 5.74) is 10.7. The maximum Gasteiger partial charge on any atom is 0.0594 e. The number of hydrogen-bond acceptors (Lipinski definition) is 4. The number of nitrogens with two attached hydrogens (primary N) is 1. The van der Waals surface area contributed by atoms with Crippen molar-refractivity contribution in [2.24, 2.45) is 11.7 Å². The molecule has 0 bridgehead atoms. The second-order valence-electron chi connectivity index (χ2n) is 8.86. The van der Waals surface area contributed by atoms with Gasteiger partial charge in [0, 0.05) is 45.3 Å². The third kappa shape index (κ3) is 4.43. The van der Waals surface area contributed by atoms with E-state index in [-0.39, 0.29) is 5.41 Å². The molecule has 4 nitrogen and oxygen atoms in total. The molecule has 25 heavy (non-hydrogen) atoms. The summed E-state index contributed by atoms with van der Waals surface area (Å²) >= 11 is 0. The Morgan fingerprint density at radius 2 is 1.92 bits per heavy atom. The fourth-order valence-corrected chi connectivity index (χ4v) is 4.19. The molecule has 3 rings (SSSR count). The quantitative estimate of drug-likeness (QED) is 0.891. The van der Waals surface area contributed by atoms with Crippen LogP contribution in [0, 0.1) is 5.92 Å². The number of morpholine rings is 1. The summed E-state index contributed by atoms with van der Waals surface area (Å²) in [5.74, 6) is 0.642. The molecule has 0 saturated carbocycles. The van der Waals surface area contributed by atoms with Crippen molar-refractivity contribution in [2.75, 3.05) is 45.9 Å². The summed E-state index contributed by atoms with van der Waals surface area (Å²) in [6, 6.07) is 7.39. The van der Waals surface area contributed by atoms with Crippen LogP contribution >= 0.6 is 0 Å². The molecule has 2 heterocycles. The molecule has 2 aliphatic heterocycles. The highest BCUT2D eigenvalue weighted by Crippen LogP contribution is 2.36. The molecule has 2 atom stereocenters. The molecule has 0 radical (unpaired) electrons. The molecule has 0 amide bonds. The van der Waals surface area contributed by atoms with Gasteiger partial charge in [-0.2, -0.15) is 0 Å². The minimum atomic E-state index is 0.186. The van der Waals surface area contributed by atoms with Gasteiger partial charge < -0.3 is 10.5 Å². The lowest BCUT2D eigenvalue weighted by molar-refractivity contribution is 0.0279. The van der Waals surface area contributed by atoms with Crippen LogP contribution in [0.4, 0.5) is 0 Å². The Morgan fingerprint density at radius 1 is 1.20 bits per heavy atom. The molecule has 140 valence electrons. The fraction of sp³-hybridized carbons (Fsp3) is 0.714. The normalized spacial score (nSPS) is 23.6. The third-order valence-corrected chi connectivity index (χ3v) is 5.63. The summed E-state index contributed by atoms with van der Waals surface area (Å²) in [5, 5.41) is 0. The van der Waals surface area contributed by atoms with Gasteiger partial charge in [-0.15, -0.1) is 0 Å². The number of fused-ring (bicyclic) bond motifs is 1. The Hall–Kier alpha value is -0.940. The van der Waals surface area contributed by atoms with Crippen LogP contribution in [-0.4, -0.2) is 55.7 Å². The third-order valence-electron chi connectivity index (χ3n) is 5.63. The Bertz CT molecular complexity index is 575. The number of nitrogens with zero attached hydrogens (tertiary/aromatic N) is 2. The van der Waals surface area contributed by atoms with E-state index in [1.165, 1.54) is 16.7 Å². The lowest BCUT2D eigenvalue weighted by atomic mass is 9.85. The molecular weight excluding hydrogens is 310 g/mol. The zero-order chi connectivity index (χ0) is 18.0. The summed E-state index contributed by atoms with van der Waals surface area (Å²) in [6.45, 7) is 17.1. The van der Waals surface area contributed by atoms with E-state index in [4.69, 9.17) is 10.5 Å². The van der Waals surface area contributed by atoms with Crippen LogP contribution < -0.4 is 5.73 Å². The smallest absolute Gasteiger partial charge is 0.0594 e. The Morgan fingerprint density at radius 3 is 2.56 bits per heavy atom. The average Bonchev–Trinajstić information content (AvgIpc) is 2.90. The van der Waals surface area contributed by atoms with Crippen LogP contribution in [0.3, 0.4) is 0 Å². The van der Waals surface area contributed by atoms with E-state index in [1.54, 1.807) is 0 Å². The van der Waals surface area contributed by atoms with Gasteiger partial charge in [-0.3, -0.25) is 9.80 Å². The minimum Gasteiger partial charge on any atom is -0.379 e. The van der Waals surface area contributed by atoms with Gasteiger partial charge in [-0.25, -0.2) is 0 Å². The number of rotatable bonds is 5. The Labute approximate surface area is 153 Å². The zero-order valence-electron chi connectivity index (χ0n) is 16.4. The van der Waals surface area contributed by atoms with Crippen LogP contribution in [0.2, 0.25) is 0 Å². The molecule has 2 unspecified atom stereocenters. The minimum absolute atomic E-state index is 0.186. The van der Waals surface area contributed by atoms with E-state index < -0.39 is 0 Å². The predicted octanol–water partition coefficient (Wildman–Crippen LogP) is 2.77. The first-order chi connectivity index (χ1) is 11.9. The molecule has 1 aromatic carbocycles. The second kappa shape index (κ2) is 7.75. The molecule has 4 heteroatoms. The molecule has 0 spiro atoms. The van der Waals surface area contributed by atoms with Gasteiger partial charge in [0.15, 0.2) is 0 Å². The highest BCUT2D eigenvalue weighted by Gasteiger charge is 2.31. The Balaban J connectivity index is 1.66. The van der Waals surface area contributed by atoms with E-state index in [9.17, 15) is 0 Å². The Kier molecular flexibility index (Phi) is 5.84. The van der Waals surface area contributed by atoms with Gasteiger partial charge in [0.05, 0.1) is 13.2 Å². The summed E-state index contributed by atoms with van der Waals surface area (Å²) in [4.78, 5) is 5.12. The summed E-state index contributed by atoms with van der Waals surface area (Å²) in [7, 11) is 0. The van der Waals surface area contributed by atoms with E-state index in [0.717, 1.165) is 45.9 Å².